The fraction of sp³-hybridized carbons (Fsp3) is 0.737. The molecular weight excluding hydrogens is 725 g/mol. The Morgan fingerprint density at radius 1 is 0.943 bits per heavy atom. The van der Waals surface area contributed by atoms with Crippen LogP contribution in [0.4, 0.5) is 31.1 Å². The van der Waals surface area contributed by atoms with Crippen LogP contribution in [0.1, 0.15) is 119 Å². The average molecular weight is 779 g/mol. The lowest BCUT2D eigenvalue weighted by atomic mass is 9.47. The third-order valence-corrected chi connectivity index (χ3v) is 13.6. The van der Waals surface area contributed by atoms with E-state index in [1.807, 2.05) is 0 Å². The van der Waals surface area contributed by atoms with Crippen molar-refractivity contribution in [2.45, 2.75) is 122 Å². The molecule has 8 nitrogen and oxygen atoms in total. The number of halogens is 6. The van der Waals surface area contributed by atoms with Gasteiger partial charge >= 0.3 is 26.0 Å². The van der Waals surface area contributed by atoms with E-state index in [0.29, 0.717) is 49.3 Å². The Balaban J connectivity index is 1.15. The van der Waals surface area contributed by atoms with E-state index in [2.05, 4.69) is 30.6 Å². The number of amides is 2. The molecule has 3 saturated carbocycles. The number of nitrogens with one attached hydrogen (secondary N) is 2. The van der Waals surface area contributed by atoms with Crippen LogP contribution in [0.2, 0.25) is 0 Å². The van der Waals surface area contributed by atoms with Gasteiger partial charge in [0.2, 0.25) is 0 Å². The number of rotatable bonds is 12. The van der Waals surface area contributed by atoms with Crippen LogP contribution in [-0.4, -0.2) is 48.9 Å². The van der Waals surface area contributed by atoms with Crippen molar-refractivity contribution in [1.29, 1.82) is 0 Å². The molecular formula is C38H53F6N2O6P. The van der Waals surface area contributed by atoms with Crippen molar-refractivity contribution in [3.63, 3.8) is 0 Å². The SMILES string of the molecule is C[C@@H](NC(=O)c1cc(C(F)(F)F)cc(C(F)(F)F)c1)[C@H]1CC[C@H]2[C@@H]3CC=C4C[C@@H](OC(=O)NCCCCCCOP(C)(=O)O)CC[C@]4(C)[C@H]3CC[C@]12C. The van der Waals surface area contributed by atoms with E-state index >= 15 is 0 Å². The second-order valence-electron chi connectivity index (χ2n) is 16.3. The Bertz CT molecular complexity index is 1550. The first-order valence-corrected chi connectivity index (χ1v) is 20.8. The molecule has 53 heavy (non-hydrogen) atoms. The zero-order valence-corrected chi connectivity index (χ0v) is 31.8. The molecule has 4 aliphatic carbocycles. The Morgan fingerprint density at radius 2 is 1.60 bits per heavy atom. The Hall–Kier alpha value is -2.57. The van der Waals surface area contributed by atoms with Crippen molar-refractivity contribution in [3.8, 4) is 0 Å². The van der Waals surface area contributed by atoms with Gasteiger partial charge in [-0.2, -0.15) is 26.3 Å². The number of unbranched alkanes of at least 4 members (excludes halogenated alkanes) is 3. The van der Waals surface area contributed by atoms with Crippen molar-refractivity contribution >= 4 is 19.6 Å². The van der Waals surface area contributed by atoms with Crippen LogP contribution in [0.3, 0.4) is 0 Å². The monoisotopic (exact) mass is 778 g/mol. The van der Waals surface area contributed by atoms with E-state index in [1.54, 1.807) is 6.92 Å². The summed E-state index contributed by atoms with van der Waals surface area (Å²) >= 11 is 0. The zero-order chi connectivity index (χ0) is 39.0. The maximum absolute atomic E-state index is 13.5. The van der Waals surface area contributed by atoms with E-state index in [4.69, 9.17) is 14.2 Å². The summed E-state index contributed by atoms with van der Waals surface area (Å²) in [5.41, 5.74) is -2.52. The van der Waals surface area contributed by atoms with Crippen LogP contribution in [0.5, 0.6) is 0 Å². The van der Waals surface area contributed by atoms with E-state index in [1.165, 1.54) is 5.57 Å². The molecule has 0 spiro atoms. The first kappa shape index (κ1) is 41.6. The van der Waals surface area contributed by atoms with Gasteiger partial charge in [-0.15, -0.1) is 0 Å². The van der Waals surface area contributed by atoms with E-state index in [0.717, 1.165) is 70.9 Å². The quantitative estimate of drug-likeness (QED) is 0.0843. The van der Waals surface area contributed by atoms with Gasteiger partial charge in [-0.1, -0.05) is 38.3 Å². The first-order valence-electron chi connectivity index (χ1n) is 18.8. The summed E-state index contributed by atoms with van der Waals surface area (Å²) in [6, 6.07) is 0.540. The lowest BCUT2D eigenvalue weighted by Gasteiger charge is -2.58. The first-order chi connectivity index (χ1) is 24.6. The van der Waals surface area contributed by atoms with Gasteiger partial charge in [0.1, 0.15) is 6.10 Å². The summed E-state index contributed by atoms with van der Waals surface area (Å²) in [5, 5.41) is 5.62. The summed E-state index contributed by atoms with van der Waals surface area (Å²) < 4.78 is 103. The normalized spacial score (nSPS) is 31.6. The van der Waals surface area contributed by atoms with Gasteiger partial charge < -0.3 is 24.8 Å². The van der Waals surface area contributed by atoms with Crippen LogP contribution < -0.4 is 10.6 Å². The van der Waals surface area contributed by atoms with Crippen molar-refractivity contribution in [2.24, 2.45) is 34.5 Å². The number of alkyl carbamates (subject to hydrolysis) is 1. The van der Waals surface area contributed by atoms with Crippen LogP contribution in [-0.2, 0) is 26.2 Å². The average Bonchev–Trinajstić information content (AvgIpc) is 3.42. The molecule has 1 aromatic rings. The number of allylic oxidation sites excluding steroid dienone is 1. The fourth-order valence-corrected chi connectivity index (χ4v) is 10.7. The highest BCUT2D eigenvalue weighted by atomic mass is 31.2. The molecule has 4 aliphatic rings. The number of alkyl halides is 6. The number of fused-ring (bicyclic) bond motifs is 5. The van der Waals surface area contributed by atoms with Crippen molar-refractivity contribution in [3.05, 3.63) is 46.5 Å². The van der Waals surface area contributed by atoms with E-state index in [-0.39, 0.29) is 35.5 Å². The van der Waals surface area contributed by atoms with Gasteiger partial charge in [-0.25, -0.2) is 4.79 Å². The number of carbonyl (C=O) groups is 2. The molecule has 298 valence electrons. The number of ether oxygens (including phenoxy) is 1. The van der Waals surface area contributed by atoms with Crippen LogP contribution in [0.15, 0.2) is 29.8 Å². The van der Waals surface area contributed by atoms with E-state index < -0.39 is 54.7 Å². The van der Waals surface area contributed by atoms with Crippen molar-refractivity contribution in [1.82, 2.24) is 10.6 Å². The van der Waals surface area contributed by atoms with E-state index in [9.17, 15) is 40.5 Å². The molecule has 1 unspecified atom stereocenters. The molecule has 0 saturated heterocycles. The third kappa shape index (κ3) is 9.63. The zero-order valence-electron chi connectivity index (χ0n) is 30.9. The maximum Gasteiger partial charge on any atom is 0.416 e. The van der Waals surface area contributed by atoms with Crippen molar-refractivity contribution < 1.29 is 54.7 Å². The lowest BCUT2D eigenvalue weighted by Crippen LogP contribution is -2.52. The van der Waals surface area contributed by atoms with Crippen LogP contribution >= 0.6 is 7.60 Å². The molecule has 2 amide bonds. The molecule has 5 rings (SSSR count). The van der Waals surface area contributed by atoms with Crippen LogP contribution in [0, 0.1) is 34.5 Å². The summed E-state index contributed by atoms with van der Waals surface area (Å²) in [7, 11) is -3.45. The van der Waals surface area contributed by atoms with Gasteiger partial charge in [-0.3, -0.25) is 9.36 Å². The molecule has 0 heterocycles. The largest absolute Gasteiger partial charge is 0.446 e. The Kier molecular flexibility index (Phi) is 12.5. The summed E-state index contributed by atoms with van der Waals surface area (Å²) in [4.78, 5) is 34.9. The van der Waals surface area contributed by atoms with Gasteiger partial charge in [-0.05, 0) is 117 Å². The highest BCUT2D eigenvalue weighted by Gasteiger charge is 2.59. The predicted molar refractivity (Wildman–Crippen MR) is 187 cm³/mol. The molecule has 3 N–H and O–H groups in total. The third-order valence-electron chi connectivity index (χ3n) is 12.9. The molecule has 3 fully saturated rings. The second kappa shape index (κ2) is 15.9. The number of carbonyl (C=O) groups excluding carboxylic acids is 2. The maximum atomic E-state index is 13.5. The Labute approximate surface area is 307 Å². The molecule has 0 bridgehead atoms. The molecule has 1 aromatic carbocycles. The molecule has 0 aromatic heterocycles. The molecule has 15 heteroatoms. The topological polar surface area (TPSA) is 114 Å². The highest BCUT2D eigenvalue weighted by molar-refractivity contribution is 7.51. The number of hydrogen-bond acceptors (Lipinski definition) is 5. The predicted octanol–water partition coefficient (Wildman–Crippen LogP) is 9.91. The smallest absolute Gasteiger partial charge is 0.416 e. The standard InChI is InChI=1S/C38H53F6N2O6P/c1-23(46-33(47)24-19-26(37(39,40)41)21-27(20-24)38(42,43)44)30-11-12-31-29-10-9-25-22-28(13-15-35(25,2)32(29)14-16-36(30,31)3)52-34(48)45-17-7-5-6-8-18-51-53(4,49)50/h9,19-21,23,28-32H,5-8,10-18,22H2,1-4H3,(H,45,48)(H,46,47)(H,49,50)/t23-,28+,29+,30-,31+,32+,35+,36-/m1/s1. The highest BCUT2D eigenvalue weighted by Crippen LogP contribution is 2.66. The molecule has 0 radical (unpaired) electrons. The van der Waals surface area contributed by atoms with Crippen LogP contribution in [0.25, 0.3) is 0 Å². The van der Waals surface area contributed by atoms with Gasteiger partial charge in [0.05, 0.1) is 17.7 Å². The fourth-order valence-electron chi connectivity index (χ4n) is 10.3. The minimum Gasteiger partial charge on any atom is -0.446 e. The second-order valence-corrected chi connectivity index (χ2v) is 18.2. The summed E-state index contributed by atoms with van der Waals surface area (Å²) in [6.07, 6.45) is 1.60. The lowest BCUT2D eigenvalue weighted by molar-refractivity contribution is -0.143. The minimum absolute atomic E-state index is 0.0164. The minimum atomic E-state index is -5.04. The van der Waals surface area contributed by atoms with Crippen molar-refractivity contribution in [2.75, 3.05) is 19.8 Å². The summed E-state index contributed by atoms with van der Waals surface area (Å²) in [5.74, 6) is 0.285. The van der Waals surface area contributed by atoms with Gasteiger partial charge in [0, 0.05) is 31.2 Å². The molecule has 9 atom stereocenters. The number of benzene rings is 1. The summed E-state index contributed by atoms with van der Waals surface area (Å²) in [6.45, 7) is 8.25. The number of hydrogen-bond donors (Lipinski definition) is 3. The Morgan fingerprint density at radius 3 is 2.25 bits per heavy atom. The van der Waals surface area contributed by atoms with Gasteiger partial charge in [0.25, 0.3) is 5.91 Å². The molecule has 0 aliphatic heterocycles. The van der Waals surface area contributed by atoms with Gasteiger partial charge in [0.15, 0.2) is 0 Å².